The van der Waals surface area contributed by atoms with E-state index in [2.05, 4.69) is 34.5 Å². The zero-order valence-electron chi connectivity index (χ0n) is 9.48. The summed E-state index contributed by atoms with van der Waals surface area (Å²) in [5.74, 6) is 0.723. The highest BCUT2D eigenvalue weighted by Crippen LogP contribution is 2.24. The highest BCUT2D eigenvalue weighted by Gasteiger charge is 2.20. The smallest absolute Gasteiger partial charge is 0.0642 e. The molecule has 86 valence electrons. The Balaban J connectivity index is 1.77. The van der Waals surface area contributed by atoms with Gasteiger partial charge in [-0.3, -0.25) is 0 Å². The van der Waals surface area contributed by atoms with Gasteiger partial charge in [0.1, 0.15) is 0 Å². The quantitative estimate of drug-likeness (QED) is 0.807. The number of hydrogen-bond acceptors (Lipinski definition) is 3. The maximum absolute atomic E-state index is 5.38. The molecule has 3 rings (SSSR count). The first kappa shape index (κ1) is 10.1. The number of nitrogens with zero attached hydrogens (tertiary/aromatic N) is 1. The molecule has 2 heterocycles. The van der Waals surface area contributed by atoms with Crippen LogP contribution in [0.2, 0.25) is 0 Å². The minimum Gasteiger partial charge on any atom is -0.378 e. The monoisotopic (exact) mass is 218 g/mol. The maximum atomic E-state index is 5.38. The molecular weight excluding hydrogens is 200 g/mol. The molecule has 0 atom stereocenters. The number of nitrogens with one attached hydrogen (secondary N) is 1. The Kier molecular flexibility index (Phi) is 2.80. The summed E-state index contributed by atoms with van der Waals surface area (Å²) in [4.78, 5) is 2.42. The molecule has 2 saturated heterocycles. The van der Waals surface area contributed by atoms with E-state index >= 15 is 0 Å². The molecule has 0 radical (unpaired) electrons. The van der Waals surface area contributed by atoms with Gasteiger partial charge in [-0.1, -0.05) is 12.1 Å². The molecule has 3 nitrogen and oxygen atoms in total. The topological polar surface area (TPSA) is 24.5 Å². The Labute approximate surface area is 96.4 Å². The van der Waals surface area contributed by atoms with Crippen molar-refractivity contribution < 1.29 is 4.74 Å². The normalized spacial score (nSPS) is 21.9. The van der Waals surface area contributed by atoms with Crippen LogP contribution in [-0.2, 0) is 4.74 Å². The van der Waals surface area contributed by atoms with Crippen molar-refractivity contribution >= 4 is 5.69 Å². The predicted molar refractivity (Wildman–Crippen MR) is 65.1 cm³/mol. The van der Waals surface area contributed by atoms with Gasteiger partial charge in [0.05, 0.1) is 13.2 Å². The van der Waals surface area contributed by atoms with Gasteiger partial charge in [-0.25, -0.2) is 0 Å². The van der Waals surface area contributed by atoms with Crippen molar-refractivity contribution in [2.45, 2.75) is 5.92 Å². The van der Waals surface area contributed by atoms with Crippen LogP contribution >= 0.6 is 0 Å². The lowest BCUT2D eigenvalue weighted by molar-refractivity contribution is 0.122. The van der Waals surface area contributed by atoms with Crippen molar-refractivity contribution in [3.8, 4) is 0 Å². The van der Waals surface area contributed by atoms with Gasteiger partial charge >= 0.3 is 0 Å². The van der Waals surface area contributed by atoms with Crippen molar-refractivity contribution in [2.75, 3.05) is 44.3 Å². The standard InChI is InChI=1S/C13H18N2O/c1-2-11(12-9-14-10-12)8-13(3-1)15-4-6-16-7-5-15/h1-3,8,12,14H,4-7,9-10H2. The number of ether oxygens (including phenoxy) is 1. The van der Waals surface area contributed by atoms with Crippen LogP contribution in [0.5, 0.6) is 0 Å². The molecule has 0 unspecified atom stereocenters. The van der Waals surface area contributed by atoms with Crippen LogP contribution in [0, 0.1) is 0 Å². The third-order valence-electron chi connectivity index (χ3n) is 3.50. The molecule has 1 N–H and O–H groups in total. The second-order valence-corrected chi connectivity index (χ2v) is 4.55. The Morgan fingerprint density at radius 2 is 2.00 bits per heavy atom. The molecule has 1 aromatic rings. The third kappa shape index (κ3) is 1.93. The van der Waals surface area contributed by atoms with Crippen LogP contribution in [0.15, 0.2) is 24.3 Å². The number of morpholine rings is 1. The first-order valence-corrected chi connectivity index (χ1v) is 6.07. The lowest BCUT2D eigenvalue weighted by Gasteiger charge is -2.31. The summed E-state index contributed by atoms with van der Waals surface area (Å²) in [7, 11) is 0. The zero-order valence-corrected chi connectivity index (χ0v) is 9.48. The Bertz CT molecular complexity index is 357. The van der Waals surface area contributed by atoms with E-state index in [1.165, 1.54) is 11.3 Å². The largest absolute Gasteiger partial charge is 0.378 e. The molecule has 2 fully saturated rings. The van der Waals surface area contributed by atoms with E-state index in [0.29, 0.717) is 0 Å². The third-order valence-corrected chi connectivity index (χ3v) is 3.50. The molecule has 2 aliphatic heterocycles. The van der Waals surface area contributed by atoms with Crippen LogP contribution in [0.25, 0.3) is 0 Å². The number of hydrogen-bond donors (Lipinski definition) is 1. The number of benzene rings is 1. The van der Waals surface area contributed by atoms with Gasteiger partial charge < -0.3 is 15.0 Å². The van der Waals surface area contributed by atoms with Gasteiger partial charge in [0.25, 0.3) is 0 Å². The Hall–Kier alpha value is -1.06. The summed E-state index contributed by atoms with van der Waals surface area (Å²) in [6.45, 7) is 6.02. The van der Waals surface area contributed by atoms with Gasteiger partial charge in [0, 0.05) is 37.8 Å². The van der Waals surface area contributed by atoms with E-state index in [-0.39, 0.29) is 0 Å². The van der Waals surface area contributed by atoms with Crippen LogP contribution in [0.1, 0.15) is 11.5 Å². The van der Waals surface area contributed by atoms with E-state index in [1.54, 1.807) is 0 Å². The molecule has 1 aromatic carbocycles. The molecule has 0 spiro atoms. The summed E-state index contributed by atoms with van der Waals surface area (Å²) in [5.41, 5.74) is 2.83. The lowest BCUT2D eigenvalue weighted by atomic mass is 9.93. The molecule has 2 aliphatic rings. The molecule has 0 amide bonds. The van der Waals surface area contributed by atoms with E-state index in [9.17, 15) is 0 Å². The average Bonchev–Trinajstić information content (AvgIpc) is 2.28. The summed E-state index contributed by atoms with van der Waals surface area (Å²) >= 11 is 0. The van der Waals surface area contributed by atoms with E-state index in [4.69, 9.17) is 4.74 Å². The second-order valence-electron chi connectivity index (χ2n) is 4.55. The number of rotatable bonds is 2. The van der Waals surface area contributed by atoms with Crippen molar-refractivity contribution in [1.29, 1.82) is 0 Å². The molecule has 0 aliphatic carbocycles. The maximum Gasteiger partial charge on any atom is 0.0642 e. The second kappa shape index (κ2) is 4.44. The van der Waals surface area contributed by atoms with Crippen LogP contribution in [0.3, 0.4) is 0 Å². The van der Waals surface area contributed by atoms with Gasteiger partial charge in [0.15, 0.2) is 0 Å². The van der Waals surface area contributed by atoms with E-state index in [0.717, 1.165) is 45.3 Å². The minimum absolute atomic E-state index is 0.723. The Morgan fingerprint density at radius 1 is 1.19 bits per heavy atom. The minimum atomic E-state index is 0.723. The average molecular weight is 218 g/mol. The van der Waals surface area contributed by atoms with Gasteiger partial charge in [-0.15, -0.1) is 0 Å². The van der Waals surface area contributed by atoms with Crippen molar-refractivity contribution in [3.05, 3.63) is 29.8 Å². The predicted octanol–water partition coefficient (Wildman–Crippen LogP) is 1.21. The van der Waals surface area contributed by atoms with E-state index < -0.39 is 0 Å². The Morgan fingerprint density at radius 3 is 2.69 bits per heavy atom. The summed E-state index contributed by atoms with van der Waals surface area (Å²) in [6.07, 6.45) is 0. The fourth-order valence-corrected chi connectivity index (χ4v) is 2.32. The fourth-order valence-electron chi connectivity index (χ4n) is 2.32. The SMILES string of the molecule is c1cc(C2CNC2)cc(N2CCOCC2)c1. The molecule has 16 heavy (non-hydrogen) atoms. The first-order valence-electron chi connectivity index (χ1n) is 6.07. The van der Waals surface area contributed by atoms with Gasteiger partial charge in [-0.05, 0) is 17.7 Å². The van der Waals surface area contributed by atoms with Crippen molar-refractivity contribution in [2.24, 2.45) is 0 Å². The van der Waals surface area contributed by atoms with Crippen LogP contribution < -0.4 is 10.2 Å². The fraction of sp³-hybridized carbons (Fsp3) is 0.538. The van der Waals surface area contributed by atoms with Crippen molar-refractivity contribution in [3.63, 3.8) is 0 Å². The summed E-state index contributed by atoms with van der Waals surface area (Å²) < 4.78 is 5.38. The molecule has 3 heteroatoms. The van der Waals surface area contributed by atoms with Crippen LogP contribution in [0.4, 0.5) is 5.69 Å². The van der Waals surface area contributed by atoms with Gasteiger partial charge in [-0.2, -0.15) is 0 Å². The molecular formula is C13H18N2O. The molecule has 0 aromatic heterocycles. The van der Waals surface area contributed by atoms with E-state index in [1.807, 2.05) is 0 Å². The van der Waals surface area contributed by atoms with Gasteiger partial charge in [0.2, 0.25) is 0 Å². The molecule has 0 saturated carbocycles. The summed E-state index contributed by atoms with van der Waals surface area (Å²) in [5, 5.41) is 3.33. The van der Waals surface area contributed by atoms with Crippen molar-refractivity contribution in [1.82, 2.24) is 5.32 Å². The first-order chi connectivity index (χ1) is 7.93. The lowest BCUT2D eigenvalue weighted by Crippen LogP contribution is -2.40. The summed E-state index contributed by atoms with van der Waals surface area (Å²) in [6, 6.07) is 8.98. The zero-order chi connectivity index (χ0) is 10.8. The number of anilines is 1. The molecule has 0 bridgehead atoms. The highest BCUT2D eigenvalue weighted by molar-refractivity contribution is 5.50. The highest BCUT2D eigenvalue weighted by atomic mass is 16.5. The van der Waals surface area contributed by atoms with Crippen LogP contribution in [-0.4, -0.2) is 39.4 Å².